The molecule has 0 fully saturated rings. The predicted molar refractivity (Wildman–Crippen MR) is 79.4 cm³/mol. The van der Waals surface area contributed by atoms with Gasteiger partial charge in [-0.2, -0.15) is 0 Å². The highest BCUT2D eigenvalue weighted by molar-refractivity contribution is 5.98. The summed E-state index contributed by atoms with van der Waals surface area (Å²) in [5, 5.41) is 9.88. The van der Waals surface area contributed by atoms with Crippen LogP contribution in [0.15, 0.2) is 42.5 Å². The third-order valence-electron chi connectivity index (χ3n) is 3.55. The maximum atomic E-state index is 13.8. The molecule has 2 rings (SSSR count). The molecule has 0 saturated heterocycles. The lowest BCUT2D eigenvalue weighted by Gasteiger charge is -2.26. The van der Waals surface area contributed by atoms with E-state index in [4.69, 9.17) is 5.73 Å². The molecule has 2 aromatic rings. The van der Waals surface area contributed by atoms with Crippen molar-refractivity contribution >= 4 is 11.6 Å². The van der Waals surface area contributed by atoms with Gasteiger partial charge in [0.1, 0.15) is 5.82 Å². The summed E-state index contributed by atoms with van der Waals surface area (Å²) in [4.78, 5) is 13.8. The first-order valence-corrected chi connectivity index (χ1v) is 6.52. The van der Waals surface area contributed by atoms with Crippen molar-refractivity contribution in [2.45, 2.75) is 13.0 Å². The molecule has 110 valence electrons. The number of para-hydroxylation sites is 1. The van der Waals surface area contributed by atoms with Crippen LogP contribution in [-0.2, 0) is 0 Å². The largest absolute Gasteiger partial charge is 0.505 e. The molecule has 21 heavy (non-hydrogen) atoms. The van der Waals surface area contributed by atoms with Crippen molar-refractivity contribution in [1.29, 1.82) is 0 Å². The van der Waals surface area contributed by atoms with Crippen molar-refractivity contribution in [2.24, 2.45) is 0 Å². The number of nitrogens with two attached hydrogens (primary N) is 1. The minimum absolute atomic E-state index is 0.0979. The Morgan fingerprint density at radius 3 is 2.57 bits per heavy atom. The van der Waals surface area contributed by atoms with Crippen LogP contribution in [0.5, 0.6) is 5.75 Å². The van der Waals surface area contributed by atoms with Crippen molar-refractivity contribution < 1.29 is 14.3 Å². The van der Waals surface area contributed by atoms with E-state index in [0.29, 0.717) is 5.56 Å². The lowest BCUT2D eigenvalue weighted by Crippen LogP contribution is -2.30. The van der Waals surface area contributed by atoms with Gasteiger partial charge in [-0.25, -0.2) is 4.39 Å². The Kier molecular flexibility index (Phi) is 4.12. The molecule has 3 N–H and O–H groups in total. The number of carbonyl (C=O) groups excluding carboxylic acids is 1. The van der Waals surface area contributed by atoms with Gasteiger partial charge < -0.3 is 15.7 Å². The molecule has 0 spiro atoms. The van der Waals surface area contributed by atoms with Gasteiger partial charge in [0.15, 0.2) is 5.75 Å². The van der Waals surface area contributed by atoms with Gasteiger partial charge in [-0.3, -0.25) is 4.79 Å². The summed E-state index contributed by atoms with van der Waals surface area (Å²) < 4.78 is 13.8. The molecule has 1 unspecified atom stereocenters. The zero-order valence-corrected chi connectivity index (χ0v) is 11.9. The lowest BCUT2D eigenvalue weighted by molar-refractivity contribution is 0.0737. The van der Waals surface area contributed by atoms with Crippen LogP contribution in [0.3, 0.4) is 0 Å². The Morgan fingerprint density at radius 2 is 1.90 bits per heavy atom. The normalized spacial score (nSPS) is 12.0. The molecule has 0 heterocycles. The zero-order valence-electron chi connectivity index (χ0n) is 11.9. The van der Waals surface area contributed by atoms with Crippen LogP contribution in [0, 0.1) is 5.82 Å². The average Bonchev–Trinajstić information content (AvgIpc) is 2.48. The molecule has 0 aliphatic carbocycles. The van der Waals surface area contributed by atoms with E-state index < -0.39 is 11.9 Å². The number of rotatable bonds is 3. The summed E-state index contributed by atoms with van der Waals surface area (Å²) >= 11 is 0. The number of carbonyl (C=O) groups is 1. The zero-order chi connectivity index (χ0) is 15.6. The van der Waals surface area contributed by atoms with Gasteiger partial charge in [0.05, 0.1) is 17.3 Å². The minimum Gasteiger partial charge on any atom is -0.505 e. The topological polar surface area (TPSA) is 66.6 Å². The monoisotopic (exact) mass is 288 g/mol. The van der Waals surface area contributed by atoms with Gasteiger partial charge >= 0.3 is 0 Å². The third-order valence-corrected chi connectivity index (χ3v) is 3.55. The molecule has 4 nitrogen and oxygen atoms in total. The SMILES string of the molecule is CC(c1ccccc1F)N(C)C(=O)c1cccc(N)c1O. The highest BCUT2D eigenvalue weighted by Gasteiger charge is 2.23. The van der Waals surface area contributed by atoms with E-state index in [1.54, 1.807) is 38.2 Å². The Labute approximate surface area is 122 Å². The van der Waals surface area contributed by atoms with E-state index in [1.165, 1.54) is 23.1 Å². The van der Waals surface area contributed by atoms with Gasteiger partial charge in [0.25, 0.3) is 5.91 Å². The smallest absolute Gasteiger partial charge is 0.257 e. The molecular weight excluding hydrogens is 271 g/mol. The van der Waals surface area contributed by atoms with Gasteiger partial charge in [0.2, 0.25) is 0 Å². The molecule has 2 aromatic carbocycles. The molecule has 5 heteroatoms. The van der Waals surface area contributed by atoms with E-state index >= 15 is 0 Å². The summed E-state index contributed by atoms with van der Waals surface area (Å²) in [5.41, 5.74) is 6.23. The number of amides is 1. The number of nitrogens with zero attached hydrogens (tertiary/aromatic N) is 1. The second kappa shape index (κ2) is 5.83. The maximum Gasteiger partial charge on any atom is 0.257 e. The molecule has 0 saturated carbocycles. The molecule has 1 amide bonds. The van der Waals surface area contributed by atoms with Gasteiger partial charge in [-0.1, -0.05) is 24.3 Å². The number of hydrogen-bond acceptors (Lipinski definition) is 3. The van der Waals surface area contributed by atoms with Crippen LogP contribution < -0.4 is 5.73 Å². The number of phenols is 1. The Morgan fingerprint density at radius 1 is 1.24 bits per heavy atom. The van der Waals surface area contributed by atoms with Crippen molar-refractivity contribution in [3.63, 3.8) is 0 Å². The fraction of sp³-hybridized carbons (Fsp3) is 0.188. The number of aromatic hydroxyl groups is 1. The number of benzene rings is 2. The first-order chi connectivity index (χ1) is 9.93. The van der Waals surface area contributed by atoms with Gasteiger partial charge in [-0.05, 0) is 25.1 Å². The number of halogens is 1. The second-order valence-electron chi connectivity index (χ2n) is 4.86. The molecule has 0 aromatic heterocycles. The average molecular weight is 288 g/mol. The maximum absolute atomic E-state index is 13.8. The first kappa shape index (κ1) is 14.8. The van der Waals surface area contributed by atoms with Crippen LogP contribution in [-0.4, -0.2) is 23.0 Å². The summed E-state index contributed by atoms with van der Waals surface area (Å²) in [6.45, 7) is 1.72. The van der Waals surface area contributed by atoms with E-state index in [2.05, 4.69) is 0 Å². The van der Waals surface area contributed by atoms with Crippen molar-refractivity contribution in [3.8, 4) is 5.75 Å². The third kappa shape index (κ3) is 2.81. The highest BCUT2D eigenvalue weighted by atomic mass is 19.1. The summed E-state index contributed by atoms with van der Waals surface area (Å²) in [6, 6.07) is 10.4. The van der Waals surface area contributed by atoms with E-state index in [-0.39, 0.29) is 22.8 Å². The second-order valence-corrected chi connectivity index (χ2v) is 4.86. The van der Waals surface area contributed by atoms with Crippen LogP contribution >= 0.6 is 0 Å². The first-order valence-electron chi connectivity index (χ1n) is 6.52. The lowest BCUT2D eigenvalue weighted by atomic mass is 10.0. The number of anilines is 1. The minimum atomic E-state index is -0.473. The van der Waals surface area contributed by atoms with Crippen molar-refractivity contribution in [1.82, 2.24) is 4.90 Å². The molecule has 0 aliphatic heterocycles. The Bertz CT molecular complexity index is 673. The van der Waals surface area contributed by atoms with E-state index in [9.17, 15) is 14.3 Å². The summed E-state index contributed by atoms with van der Waals surface area (Å²) in [6.07, 6.45) is 0. The summed E-state index contributed by atoms with van der Waals surface area (Å²) in [5.74, 6) is -1.05. The fourth-order valence-corrected chi connectivity index (χ4v) is 2.12. The predicted octanol–water partition coefficient (Wildman–Crippen LogP) is 2.95. The van der Waals surface area contributed by atoms with Crippen LogP contribution in [0.2, 0.25) is 0 Å². The van der Waals surface area contributed by atoms with Crippen LogP contribution in [0.4, 0.5) is 10.1 Å². The molecule has 0 aliphatic rings. The Balaban J connectivity index is 2.31. The molecular formula is C16H17FN2O2. The van der Waals surface area contributed by atoms with Crippen LogP contribution in [0.25, 0.3) is 0 Å². The quantitative estimate of drug-likeness (QED) is 0.674. The van der Waals surface area contributed by atoms with Gasteiger partial charge in [-0.15, -0.1) is 0 Å². The summed E-state index contributed by atoms with van der Waals surface area (Å²) in [7, 11) is 1.56. The molecule has 0 radical (unpaired) electrons. The number of nitrogen functional groups attached to an aromatic ring is 1. The number of hydrogen-bond donors (Lipinski definition) is 2. The van der Waals surface area contributed by atoms with E-state index in [0.717, 1.165) is 0 Å². The van der Waals surface area contributed by atoms with E-state index in [1.807, 2.05) is 0 Å². The van der Waals surface area contributed by atoms with Crippen molar-refractivity contribution in [3.05, 3.63) is 59.4 Å². The Hall–Kier alpha value is -2.56. The fourth-order valence-electron chi connectivity index (χ4n) is 2.12. The number of phenolic OH excluding ortho intramolecular Hbond substituents is 1. The van der Waals surface area contributed by atoms with Crippen molar-refractivity contribution in [2.75, 3.05) is 12.8 Å². The standard InChI is InChI=1S/C16H17FN2O2/c1-10(11-6-3-4-8-13(11)17)19(2)16(21)12-7-5-9-14(18)15(12)20/h3-10,20H,18H2,1-2H3. The van der Waals surface area contributed by atoms with Gasteiger partial charge in [0, 0.05) is 12.6 Å². The molecule has 1 atom stereocenters. The molecule has 0 bridgehead atoms. The highest BCUT2D eigenvalue weighted by Crippen LogP contribution is 2.28. The van der Waals surface area contributed by atoms with Crippen LogP contribution in [0.1, 0.15) is 28.9 Å².